The molecule has 39 heavy (non-hydrogen) atoms. The second-order valence-electron chi connectivity index (χ2n) is 11.3. The summed E-state index contributed by atoms with van der Waals surface area (Å²) < 4.78 is 8.48. The van der Waals surface area contributed by atoms with E-state index in [-0.39, 0.29) is 6.71 Å². The van der Waals surface area contributed by atoms with Crippen molar-refractivity contribution in [1.29, 1.82) is 0 Å². The zero-order valence-electron chi connectivity index (χ0n) is 22.0. The lowest BCUT2D eigenvalue weighted by Gasteiger charge is -2.41. The molecule has 5 aromatic rings. The van der Waals surface area contributed by atoms with Gasteiger partial charge in [0.25, 0.3) is 0 Å². The zero-order chi connectivity index (χ0) is 25.5. The number of rotatable bonds is 2. The molecule has 5 heteroatoms. The summed E-state index contributed by atoms with van der Waals surface area (Å²) in [7, 11) is 0. The molecule has 190 valence electrons. The number of thiophene rings is 1. The van der Waals surface area contributed by atoms with Gasteiger partial charge in [0, 0.05) is 44.4 Å². The maximum absolute atomic E-state index is 7.01. The number of hydrogen-bond acceptors (Lipinski definition) is 4. The molecule has 0 amide bonds. The zero-order valence-corrected chi connectivity index (χ0v) is 22.8. The van der Waals surface area contributed by atoms with E-state index in [2.05, 4.69) is 100.0 Å². The summed E-state index contributed by atoms with van der Waals surface area (Å²) in [5, 5.41) is 0. The summed E-state index contributed by atoms with van der Waals surface area (Å²) in [6.45, 7) is 0.141. The number of anilines is 6. The molecular weight excluding hydrogens is 495 g/mol. The molecule has 0 saturated carbocycles. The van der Waals surface area contributed by atoms with Crippen LogP contribution in [0.4, 0.5) is 34.1 Å². The minimum absolute atomic E-state index is 0.141. The van der Waals surface area contributed by atoms with Crippen LogP contribution in [0.2, 0.25) is 0 Å². The Kier molecular flexibility index (Phi) is 4.77. The highest BCUT2D eigenvalue weighted by atomic mass is 32.1. The number of aryl methyl sites for hydroxylation is 2. The van der Waals surface area contributed by atoms with Crippen LogP contribution >= 0.6 is 11.3 Å². The lowest BCUT2D eigenvalue weighted by atomic mass is 9.38. The second-order valence-corrected chi connectivity index (χ2v) is 12.5. The van der Waals surface area contributed by atoms with Gasteiger partial charge in [0.1, 0.15) is 5.76 Å². The first-order valence-corrected chi connectivity index (χ1v) is 15.3. The van der Waals surface area contributed by atoms with Gasteiger partial charge < -0.3 is 14.2 Å². The number of benzene rings is 3. The monoisotopic (exact) mass is 524 g/mol. The molecule has 0 bridgehead atoms. The van der Waals surface area contributed by atoms with Crippen LogP contribution in [-0.4, -0.2) is 6.71 Å². The largest absolute Gasteiger partial charge is 0.473 e. The summed E-state index contributed by atoms with van der Waals surface area (Å²) in [5.41, 5.74) is 13.4. The number of fused-ring (bicyclic) bond motifs is 8. The van der Waals surface area contributed by atoms with Crippen molar-refractivity contribution >= 4 is 68.1 Å². The molecule has 0 radical (unpaired) electrons. The van der Waals surface area contributed by atoms with Crippen LogP contribution in [-0.2, 0) is 25.7 Å². The van der Waals surface area contributed by atoms with Crippen molar-refractivity contribution in [2.75, 3.05) is 9.80 Å². The molecule has 0 saturated heterocycles. The Balaban J connectivity index is 1.39. The standard InChI is InChI=1S/C34H29BN2OS/c1-3-12-22(13-4-1)36-26-18-11-19-27-30(26)35(33-31(36)24-16-7-9-20-28(24)38-33)34-32(25-17-8-10-21-29(25)39-34)37(27)23-14-5-2-6-15-23/h1-6,11-15,18-19H,7-10,16-17,20-21H2. The van der Waals surface area contributed by atoms with Crippen LogP contribution in [0.3, 0.4) is 0 Å². The first-order chi connectivity index (χ1) is 19.4. The first kappa shape index (κ1) is 22.2. The molecule has 0 N–H and O–H groups in total. The fourth-order valence-corrected chi connectivity index (χ4v) is 9.05. The third-order valence-electron chi connectivity index (χ3n) is 9.17. The smallest absolute Gasteiger partial charge is 0.309 e. The molecule has 2 aromatic heterocycles. The first-order valence-electron chi connectivity index (χ1n) is 14.5. The van der Waals surface area contributed by atoms with Crippen molar-refractivity contribution in [3.63, 3.8) is 0 Å². The summed E-state index contributed by atoms with van der Waals surface area (Å²) in [6.07, 6.45) is 9.54. The van der Waals surface area contributed by atoms with Crippen LogP contribution in [0.5, 0.6) is 0 Å². The summed E-state index contributed by atoms with van der Waals surface area (Å²) in [4.78, 5) is 6.67. The quantitative estimate of drug-likeness (QED) is 0.223. The molecule has 0 atom stereocenters. The van der Waals surface area contributed by atoms with Gasteiger partial charge in [-0.1, -0.05) is 42.5 Å². The third-order valence-corrected chi connectivity index (χ3v) is 10.5. The maximum atomic E-state index is 7.01. The van der Waals surface area contributed by atoms with E-state index < -0.39 is 0 Å². The molecule has 3 nitrogen and oxygen atoms in total. The number of para-hydroxylation sites is 2. The van der Waals surface area contributed by atoms with Gasteiger partial charge in [0.05, 0.1) is 17.0 Å². The highest BCUT2D eigenvalue weighted by Crippen LogP contribution is 2.49. The van der Waals surface area contributed by atoms with E-state index in [9.17, 15) is 0 Å². The minimum Gasteiger partial charge on any atom is -0.473 e. The van der Waals surface area contributed by atoms with Crippen LogP contribution in [0.25, 0.3) is 0 Å². The van der Waals surface area contributed by atoms with Gasteiger partial charge in [-0.05, 0) is 92.4 Å². The van der Waals surface area contributed by atoms with Crippen molar-refractivity contribution in [2.24, 2.45) is 0 Å². The Hall–Kier alpha value is -3.70. The predicted octanol–water partition coefficient (Wildman–Crippen LogP) is 7.18. The van der Waals surface area contributed by atoms with E-state index >= 15 is 0 Å². The Bertz CT molecular complexity index is 1610. The fraction of sp³-hybridized carbons (Fsp3) is 0.235. The Morgan fingerprint density at radius 2 is 1.23 bits per heavy atom. The van der Waals surface area contributed by atoms with E-state index in [1.165, 1.54) is 99.9 Å². The molecule has 0 spiro atoms. The molecule has 2 aliphatic heterocycles. The van der Waals surface area contributed by atoms with Crippen molar-refractivity contribution in [2.45, 2.75) is 51.4 Å². The molecule has 2 aliphatic carbocycles. The molecular formula is C34H29BN2OS. The molecule has 4 aliphatic rings. The Morgan fingerprint density at radius 3 is 1.95 bits per heavy atom. The average Bonchev–Trinajstić information content (AvgIpc) is 3.57. The lowest BCUT2D eigenvalue weighted by molar-refractivity contribution is 0.497. The number of nitrogens with zero attached hydrogens (tertiary/aromatic N) is 2. The van der Waals surface area contributed by atoms with Gasteiger partial charge in [0.15, 0.2) is 0 Å². The van der Waals surface area contributed by atoms with E-state index in [0.717, 1.165) is 12.8 Å². The van der Waals surface area contributed by atoms with E-state index in [1.807, 2.05) is 0 Å². The Labute approximate surface area is 233 Å². The summed E-state index contributed by atoms with van der Waals surface area (Å²) in [6, 6.07) is 28.9. The van der Waals surface area contributed by atoms with Crippen LogP contribution < -0.4 is 25.7 Å². The molecule has 4 heterocycles. The molecule has 0 unspecified atom stereocenters. The third kappa shape index (κ3) is 3.05. The Morgan fingerprint density at radius 1 is 0.615 bits per heavy atom. The van der Waals surface area contributed by atoms with Gasteiger partial charge >= 0.3 is 6.71 Å². The maximum Gasteiger partial charge on any atom is 0.309 e. The van der Waals surface area contributed by atoms with Crippen LogP contribution in [0.1, 0.15) is 47.4 Å². The fourth-order valence-electron chi connectivity index (χ4n) is 7.56. The summed E-state index contributed by atoms with van der Waals surface area (Å²) >= 11 is 2.06. The normalized spacial score (nSPS) is 16.8. The minimum atomic E-state index is 0.141. The van der Waals surface area contributed by atoms with Gasteiger partial charge in [0.2, 0.25) is 0 Å². The second kappa shape index (κ2) is 8.40. The predicted molar refractivity (Wildman–Crippen MR) is 164 cm³/mol. The van der Waals surface area contributed by atoms with Crippen molar-refractivity contribution in [3.8, 4) is 0 Å². The van der Waals surface area contributed by atoms with Crippen molar-refractivity contribution in [3.05, 3.63) is 101 Å². The van der Waals surface area contributed by atoms with Crippen molar-refractivity contribution < 1.29 is 4.42 Å². The lowest BCUT2D eigenvalue weighted by Crippen LogP contribution is -2.60. The highest BCUT2D eigenvalue weighted by molar-refractivity contribution is 7.29. The van der Waals surface area contributed by atoms with Gasteiger partial charge in [-0.3, -0.25) is 0 Å². The van der Waals surface area contributed by atoms with E-state index in [0.29, 0.717) is 0 Å². The van der Waals surface area contributed by atoms with Crippen LogP contribution in [0.15, 0.2) is 83.3 Å². The SMILES string of the molecule is c1ccc(N2c3cccc4c3B(c3oc5c(c32)CCCC5)c2sc3c(c2N4c2ccccc2)CCCC3)cc1. The topological polar surface area (TPSA) is 19.6 Å². The van der Waals surface area contributed by atoms with Gasteiger partial charge in [-0.15, -0.1) is 0 Å². The summed E-state index contributed by atoms with van der Waals surface area (Å²) in [5.74, 6) is 1.22. The van der Waals surface area contributed by atoms with Gasteiger partial charge in [-0.2, -0.15) is 11.3 Å². The highest BCUT2D eigenvalue weighted by Gasteiger charge is 2.49. The number of furan rings is 1. The van der Waals surface area contributed by atoms with Gasteiger partial charge in [-0.25, -0.2) is 0 Å². The van der Waals surface area contributed by atoms with Crippen LogP contribution in [0, 0.1) is 0 Å². The average molecular weight is 524 g/mol. The van der Waals surface area contributed by atoms with E-state index in [4.69, 9.17) is 4.42 Å². The van der Waals surface area contributed by atoms with Crippen molar-refractivity contribution in [1.82, 2.24) is 0 Å². The van der Waals surface area contributed by atoms with E-state index in [1.54, 1.807) is 10.4 Å². The molecule has 3 aromatic carbocycles. The number of hydrogen-bond donors (Lipinski definition) is 0. The molecule has 9 rings (SSSR count). The molecule has 0 fully saturated rings.